The third-order valence-corrected chi connectivity index (χ3v) is 7.38. The number of benzene rings is 2. The molecule has 3 aromatic rings. The fraction of sp³-hybridized carbons (Fsp3) is 0.423. The summed E-state index contributed by atoms with van der Waals surface area (Å²) in [5.41, 5.74) is -1.93. The van der Waals surface area contributed by atoms with Crippen LogP contribution in [0.1, 0.15) is 59.6 Å². The first kappa shape index (κ1) is 24.5. The normalized spacial score (nSPS) is 22.4. The van der Waals surface area contributed by atoms with Gasteiger partial charge in [-0.05, 0) is 49.6 Å². The van der Waals surface area contributed by atoms with Gasteiger partial charge in [-0.1, -0.05) is 25.1 Å². The lowest BCUT2D eigenvalue weighted by Gasteiger charge is -2.55. The molecular formula is C26H28F3N5O2. The Balaban J connectivity index is 1.60. The molecule has 1 saturated heterocycles. The number of likely N-dealkylation sites (tertiary alicyclic amines) is 1. The van der Waals surface area contributed by atoms with Gasteiger partial charge in [-0.2, -0.15) is 13.2 Å². The van der Waals surface area contributed by atoms with E-state index < -0.39 is 28.9 Å². The SMILES string of the molecule is CC(Cc1nncn1C)c1cccc(N2C(=O)c3cccc(C(F)(F)F)c3C2(C)N2CC(C)(O)C2)c1. The van der Waals surface area contributed by atoms with Gasteiger partial charge < -0.3 is 9.67 Å². The summed E-state index contributed by atoms with van der Waals surface area (Å²) in [7, 11) is 1.87. The topological polar surface area (TPSA) is 74.5 Å². The van der Waals surface area contributed by atoms with Crippen LogP contribution in [0, 0.1) is 0 Å². The second kappa shape index (κ2) is 8.14. The summed E-state index contributed by atoms with van der Waals surface area (Å²) < 4.78 is 44.3. The molecule has 7 nitrogen and oxygen atoms in total. The van der Waals surface area contributed by atoms with Crippen LogP contribution >= 0.6 is 0 Å². The van der Waals surface area contributed by atoms with Gasteiger partial charge in [0.1, 0.15) is 17.8 Å². The number of β-amino-alcohol motifs (C(OH)–C–C–N with tert-alkyl or cyclic N) is 1. The van der Waals surface area contributed by atoms with Crippen LogP contribution in [0.3, 0.4) is 0 Å². The summed E-state index contributed by atoms with van der Waals surface area (Å²) in [5, 5.41) is 18.5. The lowest BCUT2D eigenvalue weighted by atomic mass is 9.86. The highest BCUT2D eigenvalue weighted by Gasteiger charge is 2.59. The van der Waals surface area contributed by atoms with E-state index in [0.717, 1.165) is 17.5 Å². The minimum Gasteiger partial charge on any atom is -0.387 e. The Morgan fingerprint density at radius 3 is 2.44 bits per heavy atom. The number of alkyl halides is 3. The van der Waals surface area contributed by atoms with Gasteiger partial charge >= 0.3 is 6.18 Å². The molecule has 1 N–H and O–H groups in total. The Morgan fingerprint density at radius 1 is 1.14 bits per heavy atom. The van der Waals surface area contributed by atoms with E-state index in [4.69, 9.17) is 0 Å². The maximum Gasteiger partial charge on any atom is 0.416 e. The van der Waals surface area contributed by atoms with E-state index in [0.29, 0.717) is 12.1 Å². The van der Waals surface area contributed by atoms with E-state index in [2.05, 4.69) is 10.2 Å². The van der Waals surface area contributed by atoms with Gasteiger partial charge in [0.25, 0.3) is 5.91 Å². The number of anilines is 1. The number of rotatable bonds is 5. The van der Waals surface area contributed by atoms with Gasteiger partial charge in [0.15, 0.2) is 0 Å². The number of aromatic nitrogens is 3. The minimum atomic E-state index is -4.64. The first-order chi connectivity index (χ1) is 16.8. The summed E-state index contributed by atoms with van der Waals surface area (Å²) in [6.07, 6.45) is -2.40. The molecule has 0 bridgehead atoms. The standard InChI is InChI=1S/C26H28F3N5O2/c1-16(11-21-31-30-15-32(21)4)17-7-5-8-18(12-17)34-23(35)19-9-6-10-20(26(27,28)29)22(19)25(34,3)33-13-24(2,36)14-33/h5-10,12,15-16,36H,11,13-14H2,1-4H3. The number of halogens is 3. The molecule has 3 heterocycles. The van der Waals surface area contributed by atoms with Crippen molar-refractivity contribution >= 4 is 11.6 Å². The van der Waals surface area contributed by atoms with Crippen LogP contribution in [0.15, 0.2) is 48.8 Å². The molecule has 36 heavy (non-hydrogen) atoms. The predicted octanol–water partition coefficient (Wildman–Crippen LogP) is 4.08. The van der Waals surface area contributed by atoms with Gasteiger partial charge in [0.2, 0.25) is 0 Å². The molecule has 2 unspecified atom stereocenters. The van der Waals surface area contributed by atoms with Crippen LogP contribution in [-0.4, -0.2) is 49.4 Å². The summed E-state index contributed by atoms with van der Waals surface area (Å²) in [6.45, 7) is 5.58. The third kappa shape index (κ3) is 3.79. The van der Waals surface area contributed by atoms with E-state index in [1.807, 2.05) is 36.7 Å². The molecule has 1 fully saturated rings. The smallest absolute Gasteiger partial charge is 0.387 e. The fourth-order valence-corrected chi connectivity index (χ4v) is 5.51. The number of hydrogen-bond acceptors (Lipinski definition) is 5. The van der Waals surface area contributed by atoms with Crippen molar-refractivity contribution < 1.29 is 23.1 Å². The average molecular weight is 500 g/mol. The molecule has 2 aromatic carbocycles. The van der Waals surface area contributed by atoms with Crippen molar-refractivity contribution in [1.29, 1.82) is 0 Å². The number of carbonyl (C=O) groups is 1. The van der Waals surface area contributed by atoms with Crippen LogP contribution < -0.4 is 4.90 Å². The monoisotopic (exact) mass is 499 g/mol. The van der Waals surface area contributed by atoms with Gasteiger partial charge in [-0.3, -0.25) is 14.6 Å². The van der Waals surface area contributed by atoms with Crippen molar-refractivity contribution in [2.45, 2.75) is 50.6 Å². The van der Waals surface area contributed by atoms with Crippen molar-refractivity contribution in [3.8, 4) is 0 Å². The summed E-state index contributed by atoms with van der Waals surface area (Å²) >= 11 is 0. The molecule has 2 aliphatic heterocycles. The minimum absolute atomic E-state index is 0.0228. The highest BCUT2D eigenvalue weighted by molar-refractivity contribution is 6.12. The number of aryl methyl sites for hydroxylation is 1. The molecule has 2 atom stereocenters. The van der Waals surface area contributed by atoms with Gasteiger partial charge in [0, 0.05) is 43.4 Å². The van der Waals surface area contributed by atoms with Gasteiger partial charge in [0.05, 0.1) is 11.2 Å². The number of amides is 1. The summed E-state index contributed by atoms with van der Waals surface area (Å²) in [6, 6.07) is 11.1. The molecule has 5 rings (SSSR count). The number of carbonyl (C=O) groups excluding carboxylic acids is 1. The summed E-state index contributed by atoms with van der Waals surface area (Å²) in [4.78, 5) is 16.9. The van der Waals surface area contributed by atoms with E-state index in [1.54, 1.807) is 31.1 Å². The molecule has 190 valence electrons. The van der Waals surface area contributed by atoms with Crippen LogP contribution in [0.25, 0.3) is 0 Å². The van der Waals surface area contributed by atoms with Crippen molar-refractivity contribution in [2.24, 2.45) is 7.05 Å². The zero-order valence-corrected chi connectivity index (χ0v) is 20.5. The third-order valence-electron chi connectivity index (χ3n) is 7.38. The number of nitrogens with zero attached hydrogens (tertiary/aromatic N) is 5. The van der Waals surface area contributed by atoms with E-state index in [-0.39, 0.29) is 30.1 Å². The maximum absolute atomic E-state index is 14.2. The molecule has 1 aromatic heterocycles. The van der Waals surface area contributed by atoms with Crippen LogP contribution in [0.4, 0.5) is 18.9 Å². The van der Waals surface area contributed by atoms with Crippen LogP contribution in [0.2, 0.25) is 0 Å². The number of hydrogen-bond donors (Lipinski definition) is 1. The van der Waals surface area contributed by atoms with E-state index in [9.17, 15) is 23.1 Å². The number of aliphatic hydroxyl groups is 1. The van der Waals surface area contributed by atoms with Crippen molar-refractivity contribution in [1.82, 2.24) is 19.7 Å². The van der Waals surface area contributed by atoms with Crippen LogP contribution in [-0.2, 0) is 25.3 Å². The Hall–Kier alpha value is -3.24. The Bertz CT molecular complexity index is 1330. The second-order valence-electron chi connectivity index (χ2n) is 10.3. The molecular weight excluding hydrogens is 471 g/mol. The van der Waals surface area contributed by atoms with Gasteiger partial charge in [-0.25, -0.2) is 0 Å². The van der Waals surface area contributed by atoms with E-state index in [1.165, 1.54) is 17.0 Å². The first-order valence-corrected chi connectivity index (χ1v) is 11.8. The van der Waals surface area contributed by atoms with E-state index >= 15 is 0 Å². The fourth-order valence-electron chi connectivity index (χ4n) is 5.51. The number of fused-ring (bicyclic) bond motifs is 1. The molecule has 0 aliphatic carbocycles. The zero-order chi connectivity index (χ0) is 26.0. The van der Waals surface area contributed by atoms with Crippen molar-refractivity contribution in [3.05, 3.63) is 76.9 Å². The summed E-state index contributed by atoms with van der Waals surface area (Å²) in [5.74, 6) is 0.331. The lowest BCUT2D eigenvalue weighted by molar-refractivity contribution is -0.145. The Labute approximate surface area is 207 Å². The molecule has 1 amide bonds. The molecule has 0 spiro atoms. The van der Waals surface area contributed by atoms with Crippen molar-refractivity contribution in [2.75, 3.05) is 18.0 Å². The second-order valence-corrected chi connectivity index (χ2v) is 10.3. The zero-order valence-electron chi connectivity index (χ0n) is 20.5. The highest BCUT2D eigenvalue weighted by atomic mass is 19.4. The quantitative estimate of drug-likeness (QED) is 0.573. The predicted molar refractivity (Wildman–Crippen MR) is 127 cm³/mol. The maximum atomic E-state index is 14.2. The average Bonchev–Trinajstić information content (AvgIpc) is 3.30. The van der Waals surface area contributed by atoms with Crippen LogP contribution in [0.5, 0.6) is 0 Å². The Morgan fingerprint density at radius 2 is 1.83 bits per heavy atom. The molecule has 0 radical (unpaired) electrons. The molecule has 10 heteroatoms. The lowest BCUT2D eigenvalue weighted by Crippen LogP contribution is -2.69. The van der Waals surface area contributed by atoms with Crippen molar-refractivity contribution in [3.63, 3.8) is 0 Å². The molecule has 2 aliphatic rings. The molecule has 0 saturated carbocycles. The first-order valence-electron chi connectivity index (χ1n) is 11.8. The Kier molecular flexibility index (Phi) is 5.53. The highest BCUT2D eigenvalue weighted by Crippen LogP contribution is 2.51. The van der Waals surface area contributed by atoms with Gasteiger partial charge in [-0.15, -0.1) is 10.2 Å². The largest absolute Gasteiger partial charge is 0.416 e.